The summed E-state index contributed by atoms with van der Waals surface area (Å²) in [5.74, 6) is 0.980. The zero-order valence-corrected chi connectivity index (χ0v) is 10.1. The van der Waals surface area contributed by atoms with E-state index in [4.69, 9.17) is 4.74 Å². The number of rotatable bonds is 3. The fourth-order valence-electron chi connectivity index (χ4n) is 2.00. The van der Waals surface area contributed by atoms with E-state index in [2.05, 4.69) is 36.3 Å². The number of hydrogen-bond acceptors (Lipinski definition) is 3. The Morgan fingerprint density at radius 1 is 1.44 bits per heavy atom. The third-order valence-corrected chi connectivity index (χ3v) is 2.85. The van der Waals surface area contributed by atoms with Gasteiger partial charge in [-0.15, -0.1) is 0 Å². The summed E-state index contributed by atoms with van der Waals surface area (Å²) in [4.78, 5) is 2.29. The van der Waals surface area contributed by atoms with Crippen LogP contribution in [0.25, 0.3) is 0 Å². The molecule has 1 aliphatic heterocycles. The lowest BCUT2D eigenvalue weighted by Gasteiger charge is -2.20. The highest BCUT2D eigenvalue weighted by Crippen LogP contribution is 2.36. The van der Waals surface area contributed by atoms with Crippen LogP contribution in [0.15, 0.2) is 18.2 Å². The second-order valence-corrected chi connectivity index (χ2v) is 4.20. The first-order valence-corrected chi connectivity index (χ1v) is 6.03. The quantitative estimate of drug-likeness (QED) is 0.847. The van der Waals surface area contributed by atoms with E-state index < -0.39 is 0 Å². The van der Waals surface area contributed by atoms with Gasteiger partial charge in [0, 0.05) is 20.1 Å². The molecule has 0 unspecified atom stereocenters. The van der Waals surface area contributed by atoms with Gasteiger partial charge >= 0.3 is 0 Å². The minimum atomic E-state index is 0.780. The maximum absolute atomic E-state index is 5.77. The van der Waals surface area contributed by atoms with E-state index in [1.165, 1.54) is 12.1 Å². The second kappa shape index (κ2) is 5.10. The molecule has 88 valence electrons. The highest BCUT2D eigenvalue weighted by molar-refractivity contribution is 5.77. The van der Waals surface area contributed by atoms with Gasteiger partial charge in [-0.25, -0.2) is 0 Å². The first-order chi connectivity index (χ1) is 7.83. The normalized spacial score (nSPS) is 15.0. The van der Waals surface area contributed by atoms with Crippen LogP contribution in [0.2, 0.25) is 0 Å². The Morgan fingerprint density at radius 3 is 3.12 bits per heavy atom. The minimum absolute atomic E-state index is 0.780. The van der Waals surface area contributed by atoms with E-state index >= 15 is 0 Å². The third kappa shape index (κ3) is 2.23. The lowest BCUT2D eigenvalue weighted by molar-refractivity contribution is 0.319. The van der Waals surface area contributed by atoms with E-state index in [0.717, 1.165) is 37.6 Å². The third-order valence-electron chi connectivity index (χ3n) is 2.85. The molecule has 0 spiro atoms. The van der Waals surface area contributed by atoms with E-state index in [0.29, 0.717) is 0 Å². The number of ether oxygens (including phenoxy) is 1. The van der Waals surface area contributed by atoms with Gasteiger partial charge in [0.2, 0.25) is 0 Å². The van der Waals surface area contributed by atoms with Crippen LogP contribution in [0.3, 0.4) is 0 Å². The zero-order valence-electron chi connectivity index (χ0n) is 10.1. The van der Waals surface area contributed by atoms with Gasteiger partial charge in [-0.1, -0.05) is 13.0 Å². The highest BCUT2D eigenvalue weighted by atomic mass is 16.5. The molecule has 1 N–H and O–H groups in total. The number of hydrogen-bond donors (Lipinski definition) is 1. The molecule has 0 bridgehead atoms. The average Bonchev–Trinajstić information content (AvgIpc) is 2.49. The number of anilines is 2. The van der Waals surface area contributed by atoms with Gasteiger partial charge < -0.3 is 15.0 Å². The summed E-state index contributed by atoms with van der Waals surface area (Å²) in [6, 6.07) is 6.25. The van der Waals surface area contributed by atoms with E-state index in [9.17, 15) is 0 Å². The summed E-state index contributed by atoms with van der Waals surface area (Å²) in [7, 11) is 2.13. The van der Waals surface area contributed by atoms with Crippen LogP contribution in [-0.4, -0.2) is 26.7 Å². The van der Waals surface area contributed by atoms with Crippen molar-refractivity contribution in [2.24, 2.45) is 0 Å². The summed E-state index contributed by atoms with van der Waals surface area (Å²) in [6.45, 7) is 5.02. The molecule has 3 heteroatoms. The van der Waals surface area contributed by atoms with Gasteiger partial charge in [-0.05, 0) is 25.0 Å². The largest absolute Gasteiger partial charge is 0.491 e. The number of nitrogens with one attached hydrogen (secondary N) is 1. The standard InChI is InChI=1S/C13H20N2O/c1-3-10-16-12-7-4-6-11-13(12)14-8-5-9-15(11)2/h4,6-7,14H,3,5,8-10H2,1-2H3. The molecular weight excluding hydrogens is 200 g/mol. The number of fused-ring (bicyclic) bond motifs is 1. The zero-order chi connectivity index (χ0) is 11.4. The molecule has 0 amide bonds. The molecule has 1 aromatic carbocycles. The van der Waals surface area contributed by atoms with Crippen molar-refractivity contribution in [3.05, 3.63) is 18.2 Å². The van der Waals surface area contributed by atoms with Gasteiger partial charge in [0.1, 0.15) is 11.4 Å². The first-order valence-electron chi connectivity index (χ1n) is 6.03. The summed E-state index contributed by atoms with van der Waals surface area (Å²) in [5.41, 5.74) is 2.39. The number of benzene rings is 1. The Labute approximate surface area is 97.4 Å². The molecule has 1 aliphatic rings. The summed E-state index contributed by atoms with van der Waals surface area (Å²) < 4.78 is 5.77. The monoisotopic (exact) mass is 220 g/mol. The predicted octanol–water partition coefficient (Wildman–Crippen LogP) is 2.73. The maximum Gasteiger partial charge on any atom is 0.144 e. The van der Waals surface area contributed by atoms with Crippen molar-refractivity contribution >= 4 is 11.4 Å². The molecule has 0 saturated carbocycles. The van der Waals surface area contributed by atoms with Crippen LogP contribution in [0.5, 0.6) is 5.75 Å². The lowest BCUT2D eigenvalue weighted by atomic mass is 10.2. The Balaban J connectivity index is 2.29. The smallest absolute Gasteiger partial charge is 0.144 e. The van der Waals surface area contributed by atoms with Crippen molar-refractivity contribution in [3.8, 4) is 5.75 Å². The molecular formula is C13H20N2O. The lowest BCUT2D eigenvalue weighted by Crippen LogP contribution is -2.17. The fraction of sp³-hybridized carbons (Fsp3) is 0.538. The van der Waals surface area contributed by atoms with Crippen molar-refractivity contribution in [3.63, 3.8) is 0 Å². The SMILES string of the molecule is CCCOc1cccc2c1NCCCN2C. The van der Waals surface area contributed by atoms with Gasteiger partial charge in [-0.2, -0.15) is 0 Å². The molecule has 0 saturated heterocycles. The summed E-state index contributed by atoms with van der Waals surface area (Å²) in [5, 5.41) is 3.47. The van der Waals surface area contributed by atoms with Gasteiger partial charge in [0.15, 0.2) is 0 Å². The molecule has 16 heavy (non-hydrogen) atoms. The van der Waals surface area contributed by atoms with Crippen molar-refractivity contribution in [2.45, 2.75) is 19.8 Å². The van der Waals surface area contributed by atoms with Crippen molar-refractivity contribution < 1.29 is 4.74 Å². The van der Waals surface area contributed by atoms with Crippen molar-refractivity contribution in [1.29, 1.82) is 0 Å². The van der Waals surface area contributed by atoms with Gasteiger partial charge in [0.25, 0.3) is 0 Å². The fourth-order valence-corrected chi connectivity index (χ4v) is 2.00. The van der Waals surface area contributed by atoms with E-state index in [1.807, 2.05) is 6.07 Å². The molecule has 3 nitrogen and oxygen atoms in total. The Morgan fingerprint density at radius 2 is 2.31 bits per heavy atom. The molecule has 0 atom stereocenters. The predicted molar refractivity (Wildman–Crippen MR) is 68.6 cm³/mol. The van der Waals surface area contributed by atoms with Crippen LogP contribution >= 0.6 is 0 Å². The van der Waals surface area contributed by atoms with Crippen molar-refractivity contribution in [1.82, 2.24) is 0 Å². The molecule has 2 rings (SSSR count). The molecule has 0 aromatic heterocycles. The van der Waals surface area contributed by atoms with Crippen LogP contribution in [0, 0.1) is 0 Å². The molecule has 0 aliphatic carbocycles. The minimum Gasteiger partial charge on any atom is -0.491 e. The van der Waals surface area contributed by atoms with Crippen molar-refractivity contribution in [2.75, 3.05) is 37.0 Å². The first kappa shape index (κ1) is 11.1. The molecule has 1 heterocycles. The Hall–Kier alpha value is -1.38. The summed E-state index contributed by atoms with van der Waals surface area (Å²) >= 11 is 0. The van der Waals surface area contributed by atoms with Crippen LogP contribution < -0.4 is 15.0 Å². The molecule has 0 fully saturated rings. The Kier molecular flexibility index (Phi) is 3.54. The van der Waals surface area contributed by atoms with Crippen LogP contribution in [-0.2, 0) is 0 Å². The van der Waals surface area contributed by atoms with Crippen LogP contribution in [0.4, 0.5) is 11.4 Å². The Bertz CT molecular complexity index is 352. The number of para-hydroxylation sites is 1. The topological polar surface area (TPSA) is 24.5 Å². The van der Waals surface area contributed by atoms with Crippen LogP contribution in [0.1, 0.15) is 19.8 Å². The number of nitrogens with zero attached hydrogens (tertiary/aromatic N) is 1. The molecule has 0 radical (unpaired) electrons. The summed E-state index contributed by atoms with van der Waals surface area (Å²) in [6.07, 6.45) is 2.21. The van der Waals surface area contributed by atoms with E-state index in [-0.39, 0.29) is 0 Å². The molecule has 1 aromatic rings. The maximum atomic E-state index is 5.77. The average molecular weight is 220 g/mol. The van der Waals surface area contributed by atoms with Gasteiger partial charge in [-0.3, -0.25) is 0 Å². The van der Waals surface area contributed by atoms with E-state index in [1.54, 1.807) is 0 Å². The highest BCUT2D eigenvalue weighted by Gasteiger charge is 2.15. The van der Waals surface area contributed by atoms with Gasteiger partial charge in [0.05, 0.1) is 12.3 Å². The second-order valence-electron chi connectivity index (χ2n) is 4.20.